The highest BCUT2D eigenvalue weighted by molar-refractivity contribution is 5.32. The van der Waals surface area contributed by atoms with Gasteiger partial charge in [-0.05, 0) is 24.3 Å². The minimum atomic E-state index is -0.339. The van der Waals surface area contributed by atoms with E-state index >= 15 is 0 Å². The highest BCUT2D eigenvalue weighted by Crippen LogP contribution is 2.17. The highest BCUT2D eigenvalue weighted by Gasteiger charge is 2.02. The maximum absolute atomic E-state index is 13.0. The van der Waals surface area contributed by atoms with E-state index in [0.29, 0.717) is 12.1 Å². The number of hydrogen-bond acceptors (Lipinski definition) is 3. The van der Waals surface area contributed by atoms with Crippen LogP contribution in [-0.2, 0) is 20.0 Å². The molecule has 0 radical (unpaired) electrons. The Morgan fingerprint density at radius 3 is 2.94 bits per heavy atom. The second-order valence-electron chi connectivity index (χ2n) is 4.18. The first-order valence-electron chi connectivity index (χ1n) is 5.82. The molecule has 4 nitrogen and oxygen atoms in total. The molecule has 0 atom stereocenters. The Hall–Kier alpha value is -1.88. The molecule has 0 aliphatic rings. The molecule has 0 aliphatic heterocycles. The van der Waals surface area contributed by atoms with E-state index in [1.54, 1.807) is 4.68 Å². The predicted octanol–water partition coefficient (Wildman–Crippen LogP) is 1.60. The molecule has 0 amide bonds. The molecule has 2 N–H and O–H groups in total. The molecule has 18 heavy (non-hydrogen) atoms. The van der Waals surface area contributed by atoms with Gasteiger partial charge in [-0.2, -0.15) is 5.10 Å². The van der Waals surface area contributed by atoms with Crippen molar-refractivity contribution in [2.75, 3.05) is 6.54 Å². The van der Waals surface area contributed by atoms with Crippen LogP contribution in [0.25, 0.3) is 0 Å². The normalized spacial score (nSPS) is 10.8. The van der Waals surface area contributed by atoms with Gasteiger partial charge in [0.25, 0.3) is 0 Å². The third kappa shape index (κ3) is 3.30. The first-order valence-corrected chi connectivity index (χ1v) is 5.82. The van der Waals surface area contributed by atoms with E-state index in [0.717, 1.165) is 18.7 Å². The zero-order valence-corrected chi connectivity index (χ0v) is 10.2. The van der Waals surface area contributed by atoms with Crippen molar-refractivity contribution >= 4 is 0 Å². The maximum Gasteiger partial charge on any atom is 0.123 e. The second kappa shape index (κ2) is 5.64. The van der Waals surface area contributed by atoms with Crippen LogP contribution >= 0.6 is 0 Å². The Balaban J connectivity index is 1.80. The minimum absolute atomic E-state index is 0.113. The smallest absolute Gasteiger partial charge is 0.123 e. The lowest BCUT2D eigenvalue weighted by Gasteiger charge is -2.06. The standard InChI is InChI=1S/C13H16FN3O/c1-17-7-5-12(16-17)4-6-15-9-10-8-11(14)2-3-13(10)18/h2-3,5,7-8,15,18H,4,6,9H2,1H3. The molecule has 1 aromatic carbocycles. The zero-order chi connectivity index (χ0) is 13.0. The number of nitrogens with one attached hydrogen (secondary N) is 1. The lowest BCUT2D eigenvalue weighted by Crippen LogP contribution is -2.17. The summed E-state index contributed by atoms with van der Waals surface area (Å²) in [5.74, 6) is -0.226. The molecular formula is C13H16FN3O. The summed E-state index contributed by atoms with van der Waals surface area (Å²) in [4.78, 5) is 0. The number of benzene rings is 1. The van der Waals surface area contributed by atoms with Crippen molar-refractivity contribution in [3.63, 3.8) is 0 Å². The molecule has 1 heterocycles. The van der Waals surface area contributed by atoms with Gasteiger partial charge in [0, 0.05) is 38.3 Å². The largest absolute Gasteiger partial charge is 0.508 e. The zero-order valence-electron chi connectivity index (χ0n) is 10.2. The van der Waals surface area contributed by atoms with Gasteiger partial charge in [0.2, 0.25) is 0 Å². The number of hydrogen-bond donors (Lipinski definition) is 2. The SMILES string of the molecule is Cn1ccc(CCNCc2cc(F)ccc2O)n1. The molecule has 2 aromatic rings. The first kappa shape index (κ1) is 12.6. The van der Waals surface area contributed by atoms with Gasteiger partial charge in [0.15, 0.2) is 0 Å². The third-order valence-corrected chi connectivity index (χ3v) is 2.68. The number of phenols is 1. The minimum Gasteiger partial charge on any atom is -0.508 e. The van der Waals surface area contributed by atoms with Crippen LogP contribution in [-0.4, -0.2) is 21.4 Å². The predicted molar refractivity (Wildman–Crippen MR) is 66.7 cm³/mol. The number of rotatable bonds is 5. The van der Waals surface area contributed by atoms with Crippen molar-refractivity contribution in [3.8, 4) is 5.75 Å². The van der Waals surface area contributed by atoms with Gasteiger partial charge < -0.3 is 10.4 Å². The summed E-state index contributed by atoms with van der Waals surface area (Å²) in [5.41, 5.74) is 1.57. The van der Waals surface area contributed by atoms with Crippen LogP contribution in [0, 0.1) is 5.82 Å². The number of aromatic hydroxyl groups is 1. The molecule has 0 saturated carbocycles. The molecule has 96 valence electrons. The number of nitrogens with zero attached hydrogens (tertiary/aromatic N) is 2. The number of aromatic nitrogens is 2. The summed E-state index contributed by atoms with van der Waals surface area (Å²) in [7, 11) is 1.88. The Morgan fingerprint density at radius 2 is 2.22 bits per heavy atom. The fourth-order valence-electron chi connectivity index (χ4n) is 1.73. The number of halogens is 1. The van der Waals surface area contributed by atoms with Crippen LogP contribution in [0.4, 0.5) is 4.39 Å². The maximum atomic E-state index is 13.0. The molecule has 0 aliphatic carbocycles. The van der Waals surface area contributed by atoms with E-state index in [4.69, 9.17) is 0 Å². The number of aryl methyl sites for hydroxylation is 1. The van der Waals surface area contributed by atoms with Gasteiger partial charge in [-0.1, -0.05) is 0 Å². The first-order chi connectivity index (χ1) is 8.65. The van der Waals surface area contributed by atoms with Crippen molar-refractivity contribution in [2.45, 2.75) is 13.0 Å². The third-order valence-electron chi connectivity index (χ3n) is 2.68. The van der Waals surface area contributed by atoms with Gasteiger partial charge in [0.05, 0.1) is 5.69 Å². The molecule has 0 bridgehead atoms. The van der Waals surface area contributed by atoms with Gasteiger partial charge >= 0.3 is 0 Å². The Labute approximate surface area is 105 Å². The number of phenolic OH excluding ortho intramolecular Hbond substituents is 1. The van der Waals surface area contributed by atoms with Gasteiger partial charge in [0.1, 0.15) is 11.6 Å². The summed E-state index contributed by atoms with van der Waals surface area (Å²) < 4.78 is 14.7. The van der Waals surface area contributed by atoms with Crippen LogP contribution in [0.1, 0.15) is 11.3 Å². The summed E-state index contributed by atoms with van der Waals surface area (Å²) >= 11 is 0. The molecule has 5 heteroatoms. The van der Waals surface area contributed by atoms with Crippen LogP contribution in [0.5, 0.6) is 5.75 Å². The lowest BCUT2D eigenvalue weighted by molar-refractivity contribution is 0.461. The summed E-state index contributed by atoms with van der Waals surface area (Å²) in [6.45, 7) is 1.17. The molecule has 0 fully saturated rings. The molecular weight excluding hydrogens is 233 g/mol. The van der Waals surface area contributed by atoms with Crippen molar-refractivity contribution in [1.82, 2.24) is 15.1 Å². The quantitative estimate of drug-likeness (QED) is 0.791. The fraction of sp³-hybridized carbons (Fsp3) is 0.308. The van der Waals surface area contributed by atoms with E-state index in [-0.39, 0.29) is 11.6 Å². The molecule has 2 rings (SSSR count). The van der Waals surface area contributed by atoms with Crippen molar-refractivity contribution in [1.29, 1.82) is 0 Å². The van der Waals surface area contributed by atoms with E-state index in [1.165, 1.54) is 18.2 Å². The summed E-state index contributed by atoms with van der Waals surface area (Å²) in [6.07, 6.45) is 2.70. The molecule has 0 saturated heterocycles. The van der Waals surface area contributed by atoms with Gasteiger partial charge in [-0.3, -0.25) is 4.68 Å². The van der Waals surface area contributed by atoms with Crippen molar-refractivity contribution in [3.05, 3.63) is 47.5 Å². The summed E-state index contributed by atoms with van der Waals surface area (Å²) in [5, 5.41) is 16.9. The van der Waals surface area contributed by atoms with Gasteiger partial charge in [-0.25, -0.2) is 4.39 Å². The van der Waals surface area contributed by atoms with Crippen molar-refractivity contribution < 1.29 is 9.50 Å². The van der Waals surface area contributed by atoms with Crippen LogP contribution < -0.4 is 5.32 Å². The van der Waals surface area contributed by atoms with E-state index < -0.39 is 0 Å². The highest BCUT2D eigenvalue weighted by atomic mass is 19.1. The van der Waals surface area contributed by atoms with Crippen LogP contribution in [0.2, 0.25) is 0 Å². The molecule has 0 unspecified atom stereocenters. The molecule has 1 aromatic heterocycles. The fourth-order valence-corrected chi connectivity index (χ4v) is 1.73. The van der Waals surface area contributed by atoms with E-state index in [9.17, 15) is 9.50 Å². The Morgan fingerprint density at radius 1 is 1.39 bits per heavy atom. The molecule has 0 spiro atoms. The topological polar surface area (TPSA) is 50.1 Å². The average molecular weight is 249 g/mol. The average Bonchev–Trinajstić information content (AvgIpc) is 2.75. The second-order valence-corrected chi connectivity index (χ2v) is 4.18. The monoisotopic (exact) mass is 249 g/mol. The Kier molecular flexibility index (Phi) is 3.94. The van der Waals surface area contributed by atoms with Crippen molar-refractivity contribution in [2.24, 2.45) is 7.05 Å². The Bertz CT molecular complexity index is 525. The summed E-state index contributed by atoms with van der Waals surface area (Å²) in [6, 6.07) is 5.91. The lowest BCUT2D eigenvalue weighted by atomic mass is 10.2. The van der Waals surface area contributed by atoms with E-state index in [2.05, 4.69) is 10.4 Å². The van der Waals surface area contributed by atoms with Gasteiger partial charge in [-0.15, -0.1) is 0 Å². The van der Waals surface area contributed by atoms with Crippen LogP contribution in [0.15, 0.2) is 30.5 Å². The van der Waals surface area contributed by atoms with E-state index in [1.807, 2.05) is 19.3 Å². The van der Waals surface area contributed by atoms with Crippen LogP contribution in [0.3, 0.4) is 0 Å².